The Labute approximate surface area is 143 Å². The van der Waals surface area contributed by atoms with Gasteiger partial charge in [-0.25, -0.2) is 0 Å². The molecule has 0 saturated heterocycles. The van der Waals surface area contributed by atoms with Gasteiger partial charge in [0.1, 0.15) is 0 Å². The van der Waals surface area contributed by atoms with E-state index in [0.29, 0.717) is 5.75 Å². The predicted octanol–water partition coefficient (Wildman–Crippen LogP) is 4.17. The van der Waals surface area contributed by atoms with Gasteiger partial charge in [-0.15, -0.1) is 10.2 Å². The second-order valence-corrected chi connectivity index (χ2v) is 6.07. The molecule has 3 aromatic rings. The highest BCUT2D eigenvalue weighted by molar-refractivity contribution is 7.98. The number of hydrogen-bond donors (Lipinski definition) is 0. The Morgan fingerprint density at radius 3 is 2.42 bits per heavy atom. The molecule has 0 spiro atoms. The van der Waals surface area contributed by atoms with Crippen LogP contribution in [0, 0.1) is 10.1 Å². The molecule has 0 fully saturated rings. The van der Waals surface area contributed by atoms with Crippen LogP contribution in [0.3, 0.4) is 0 Å². The third-order valence-electron chi connectivity index (χ3n) is 3.58. The maximum atomic E-state index is 10.7. The number of benzene rings is 2. The third kappa shape index (κ3) is 3.46. The van der Waals surface area contributed by atoms with Crippen molar-refractivity contribution in [2.75, 3.05) is 0 Å². The molecule has 0 unspecified atom stereocenters. The Morgan fingerprint density at radius 2 is 1.79 bits per heavy atom. The predicted molar refractivity (Wildman–Crippen MR) is 93.8 cm³/mol. The molecule has 6 nitrogen and oxygen atoms in total. The first-order valence-corrected chi connectivity index (χ1v) is 8.52. The number of nitro benzene ring substituents is 1. The third-order valence-corrected chi connectivity index (χ3v) is 4.62. The van der Waals surface area contributed by atoms with Crippen molar-refractivity contribution in [2.45, 2.75) is 24.4 Å². The van der Waals surface area contributed by atoms with E-state index in [1.807, 2.05) is 30.3 Å². The van der Waals surface area contributed by atoms with Crippen LogP contribution >= 0.6 is 11.8 Å². The lowest BCUT2D eigenvalue weighted by Gasteiger charge is -2.07. The van der Waals surface area contributed by atoms with Gasteiger partial charge in [-0.2, -0.15) is 0 Å². The molecule has 0 aliphatic carbocycles. The highest BCUT2D eigenvalue weighted by atomic mass is 32.2. The van der Waals surface area contributed by atoms with Gasteiger partial charge in [0.15, 0.2) is 11.0 Å². The van der Waals surface area contributed by atoms with E-state index in [9.17, 15) is 10.1 Å². The number of thioether (sulfide) groups is 1. The van der Waals surface area contributed by atoms with Crippen LogP contribution in [0.25, 0.3) is 11.4 Å². The fourth-order valence-electron chi connectivity index (χ4n) is 2.34. The van der Waals surface area contributed by atoms with Gasteiger partial charge in [-0.05, 0) is 12.5 Å². The second kappa shape index (κ2) is 7.27. The summed E-state index contributed by atoms with van der Waals surface area (Å²) in [4.78, 5) is 10.3. The van der Waals surface area contributed by atoms with E-state index in [2.05, 4.69) is 21.7 Å². The van der Waals surface area contributed by atoms with Crippen molar-refractivity contribution in [3.63, 3.8) is 0 Å². The minimum atomic E-state index is -0.392. The zero-order valence-corrected chi connectivity index (χ0v) is 13.9. The van der Waals surface area contributed by atoms with Crippen molar-refractivity contribution < 1.29 is 4.92 Å². The average molecular weight is 340 g/mol. The summed E-state index contributed by atoms with van der Waals surface area (Å²) in [5, 5.41) is 20.1. The Bertz CT molecular complexity index is 832. The quantitative estimate of drug-likeness (QED) is 0.382. The molecule has 0 aliphatic rings. The van der Waals surface area contributed by atoms with Crippen LogP contribution < -0.4 is 0 Å². The first-order chi connectivity index (χ1) is 11.7. The molecule has 7 heteroatoms. The molecular formula is C17H16N4O2S. The van der Waals surface area contributed by atoms with Gasteiger partial charge in [0.25, 0.3) is 5.69 Å². The normalized spacial score (nSPS) is 10.7. The highest BCUT2D eigenvalue weighted by Crippen LogP contribution is 2.26. The Balaban J connectivity index is 1.76. The molecular weight excluding hydrogens is 324 g/mol. The SMILES string of the molecule is CCn1c(SCc2ccc([N+](=O)[O-])cc2)nnc1-c1ccccc1. The maximum absolute atomic E-state index is 10.7. The van der Waals surface area contributed by atoms with Crippen molar-refractivity contribution >= 4 is 17.4 Å². The van der Waals surface area contributed by atoms with Crippen molar-refractivity contribution in [3.05, 3.63) is 70.3 Å². The van der Waals surface area contributed by atoms with E-state index in [-0.39, 0.29) is 5.69 Å². The van der Waals surface area contributed by atoms with E-state index >= 15 is 0 Å². The summed E-state index contributed by atoms with van der Waals surface area (Å²) in [5.41, 5.74) is 2.15. The zero-order chi connectivity index (χ0) is 16.9. The number of nitrogens with zero attached hydrogens (tertiary/aromatic N) is 4. The Hall–Kier alpha value is -2.67. The monoisotopic (exact) mass is 340 g/mol. The molecule has 122 valence electrons. The molecule has 0 atom stereocenters. The first kappa shape index (κ1) is 16.2. The molecule has 0 radical (unpaired) electrons. The van der Waals surface area contributed by atoms with Gasteiger partial charge in [0.2, 0.25) is 0 Å². The fraction of sp³-hybridized carbons (Fsp3) is 0.176. The van der Waals surface area contributed by atoms with Gasteiger partial charge >= 0.3 is 0 Å². The topological polar surface area (TPSA) is 73.8 Å². The lowest BCUT2D eigenvalue weighted by molar-refractivity contribution is -0.384. The second-order valence-electron chi connectivity index (χ2n) is 5.13. The van der Waals surface area contributed by atoms with Crippen LogP contribution in [0.2, 0.25) is 0 Å². The Kier molecular flexibility index (Phi) is 4.90. The van der Waals surface area contributed by atoms with Crippen LogP contribution in [0.1, 0.15) is 12.5 Å². The van der Waals surface area contributed by atoms with Crippen molar-refractivity contribution in [1.29, 1.82) is 0 Å². The van der Waals surface area contributed by atoms with Gasteiger partial charge in [-0.1, -0.05) is 54.2 Å². The van der Waals surface area contributed by atoms with Crippen LogP contribution in [0.15, 0.2) is 59.8 Å². The molecule has 24 heavy (non-hydrogen) atoms. The number of non-ortho nitro benzene ring substituents is 1. The van der Waals surface area contributed by atoms with Crippen LogP contribution in [-0.2, 0) is 12.3 Å². The summed E-state index contributed by atoms with van der Waals surface area (Å²) >= 11 is 1.57. The standard InChI is InChI=1S/C17H16N4O2S/c1-2-20-16(14-6-4-3-5-7-14)18-19-17(20)24-12-13-8-10-15(11-9-13)21(22)23/h3-11H,2,12H2,1H3. The lowest BCUT2D eigenvalue weighted by atomic mass is 10.2. The number of rotatable bonds is 6. The van der Waals surface area contributed by atoms with Gasteiger partial charge in [-0.3, -0.25) is 10.1 Å². The average Bonchev–Trinajstić information content (AvgIpc) is 3.04. The molecule has 0 amide bonds. The summed E-state index contributed by atoms with van der Waals surface area (Å²) in [6.45, 7) is 2.84. The van der Waals surface area contributed by atoms with E-state index in [0.717, 1.165) is 28.7 Å². The minimum absolute atomic E-state index is 0.104. The van der Waals surface area contributed by atoms with Crippen molar-refractivity contribution in [3.8, 4) is 11.4 Å². The van der Waals surface area contributed by atoms with E-state index < -0.39 is 4.92 Å². The zero-order valence-electron chi connectivity index (χ0n) is 13.1. The Morgan fingerprint density at radius 1 is 1.08 bits per heavy atom. The smallest absolute Gasteiger partial charge is 0.269 e. The molecule has 0 aliphatic heterocycles. The van der Waals surface area contributed by atoms with Crippen LogP contribution in [0.4, 0.5) is 5.69 Å². The van der Waals surface area contributed by atoms with E-state index in [1.165, 1.54) is 12.1 Å². The maximum Gasteiger partial charge on any atom is 0.269 e. The van der Waals surface area contributed by atoms with E-state index in [4.69, 9.17) is 0 Å². The molecule has 1 aromatic heterocycles. The van der Waals surface area contributed by atoms with Crippen molar-refractivity contribution in [1.82, 2.24) is 14.8 Å². The number of hydrogen-bond acceptors (Lipinski definition) is 5. The van der Waals surface area contributed by atoms with Crippen LogP contribution in [-0.4, -0.2) is 19.7 Å². The van der Waals surface area contributed by atoms with Gasteiger partial charge < -0.3 is 4.57 Å². The van der Waals surface area contributed by atoms with Crippen molar-refractivity contribution in [2.24, 2.45) is 0 Å². The largest absolute Gasteiger partial charge is 0.302 e. The molecule has 0 saturated carbocycles. The number of nitro groups is 1. The molecule has 0 N–H and O–H groups in total. The summed E-state index contributed by atoms with van der Waals surface area (Å²) in [5.74, 6) is 1.54. The summed E-state index contributed by atoms with van der Waals surface area (Å²) < 4.78 is 2.07. The molecule has 1 heterocycles. The van der Waals surface area contributed by atoms with Gasteiger partial charge in [0, 0.05) is 30.0 Å². The number of aromatic nitrogens is 3. The van der Waals surface area contributed by atoms with E-state index in [1.54, 1.807) is 23.9 Å². The summed E-state index contributed by atoms with van der Waals surface area (Å²) in [6, 6.07) is 16.6. The van der Waals surface area contributed by atoms with Crippen LogP contribution in [0.5, 0.6) is 0 Å². The fourth-order valence-corrected chi connectivity index (χ4v) is 3.30. The molecule has 0 bridgehead atoms. The highest BCUT2D eigenvalue weighted by Gasteiger charge is 2.13. The lowest BCUT2D eigenvalue weighted by Crippen LogP contribution is -1.99. The minimum Gasteiger partial charge on any atom is -0.302 e. The first-order valence-electron chi connectivity index (χ1n) is 7.53. The molecule has 3 rings (SSSR count). The molecule has 2 aromatic carbocycles. The summed E-state index contributed by atoms with van der Waals surface area (Å²) in [6.07, 6.45) is 0. The van der Waals surface area contributed by atoms with Gasteiger partial charge in [0.05, 0.1) is 4.92 Å². The summed E-state index contributed by atoms with van der Waals surface area (Å²) in [7, 11) is 0.